The van der Waals surface area contributed by atoms with Gasteiger partial charge < -0.3 is 14.9 Å². The summed E-state index contributed by atoms with van der Waals surface area (Å²) in [7, 11) is 1.21. The van der Waals surface area contributed by atoms with Crippen molar-refractivity contribution in [3.05, 3.63) is 59.2 Å². The fraction of sp³-hybridized carbons (Fsp3) is 0.0625. The van der Waals surface area contributed by atoms with Crippen LogP contribution in [-0.4, -0.2) is 23.3 Å². The number of benzene rings is 2. The summed E-state index contributed by atoms with van der Waals surface area (Å²) >= 11 is 0. The molecule has 2 aromatic rings. The molecule has 0 saturated heterocycles. The van der Waals surface area contributed by atoms with Crippen LogP contribution in [0.25, 0.3) is 12.2 Å². The molecule has 20 heavy (non-hydrogen) atoms. The third kappa shape index (κ3) is 2.80. The van der Waals surface area contributed by atoms with Crippen molar-refractivity contribution in [2.45, 2.75) is 0 Å². The van der Waals surface area contributed by atoms with Crippen LogP contribution >= 0.6 is 0 Å². The average molecular weight is 270 g/mol. The van der Waals surface area contributed by atoms with Gasteiger partial charge in [0.1, 0.15) is 5.56 Å². The summed E-state index contributed by atoms with van der Waals surface area (Å²) in [6, 6.07) is 12.5. The minimum Gasteiger partial charge on any atom is -0.504 e. The molecule has 0 fully saturated rings. The van der Waals surface area contributed by atoms with Crippen molar-refractivity contribution < 1.29 is 19.7 Å². The molecule has 0 spiro atoms. The van der Waals surface area contributed by atoms with E-state index in [1.807, 2.05) is 30.3 Å². The van der Waals surface area contributed by atoms with E-state index in [1.165, 1.54) is 13.2 Å². The number of carbonyl (C=O) groups excluding carboxylic acids is 1. The molecule has 0 atom stereocenters. The van der Waals surface area contributed by atoms with E-state index in [-0.39, 0.29) is 11.3 Å². The van der Waals surface area contributed by atoms with Gasteiger partial charge in [0.2, 0.25) is 0 Å². The number of aromatic hydroxyl groups is 2. The van der Waals surface area contributed by atoms with Crippen molar-refractivity contribution in [1.82, 2.24) is 0 Å². The van der Waals surface area contributed by atoms with Gasteiger partial charge >= 0.3 is 5.97 Å². The molecule has 4 heteroatoms. The number of phenolic OH excluding ortho intramolecular Hbond substituents is 2. The lowest BCUT2D eigenvalue weighted by Gasteiger charge is -2.06. The van der Waals surface area contributed by atoms with Crippen LogP contribution < -0.4 is 0 Å². The zero-order valence-corrected chi connectivity index (χ0v) is 10.9. The Balaban J connectivity index is 2.33. The highest BCUT2D eigenvalue weighted by molar-refractivity contribution is 5.94. The number of esters is 1. The van der Waals surface area contributed by atoms with E-state index in [2.05, 4.69) is 4.74 Å². The van der Waals surface area contributed by atoms with E-state index in [4.69, 9.17) is 0 Å². The van der Waals surface area contributed by atoms with E-state index in [9.17, 15) is 15.0 Å². The molecule has 2 N–H and O–H groups in total. The molecule has 102 valence electrons. The molecule has 0 radical (unpaired) electrons. The molecule has 0 unspecified atom stereocenters. The average Bonchev–Trinajstić information content (AvgIpc) is 2.49. The summed E-state index contributed by atoms with van der Waals surface area (Å²) in [6.07, 6.45) is 3.46. The number of carbonyl (C=O) groups is 1. The minimum atomic E-state index is -0.698. The van der Waals surface area contributed by atoms with Crippen molar-refractivity contribution in [1.29, 1.82) is 0 Å². The monoisotopic (exact) mass is 270 g/mol. The Morgan fingerprint density at radius 2 is 1.70 bits per heavy atom. The van der Waals surface area contributed by atoms with Crippen LogP contribution in [0, 0.1) is 0 Å². The van der Waals surface area contributed by atoms with Gasteiger partial charge in [0.05, 0.1) is 7.11 Å². The van der Waals surface area contributed by atoms with Gasteiger partial charge in [-0.3, -0.25) is 0 Å². The number of hydrogen-bond donors (Lipinski definition) is 2. The first kappa shape index (κ1) is 13.7. The second-order valence-electron chi connectivity index (χ2n) is 4.14. The molecule has 0 aliphatic rings. The van der Waals surface area contributed by atoms with Gasteiger partial charge in [0.15, 0.2) is 11.5 Å². The van der Waals surface area contributed by atoms with Crippen LogP contribution in [-0.2, 0) is 4.74 Å². The predicted molar refractivity (Wildman–Crippen MR) is 76.5 cm³/mol. The summed E-state index contributed by atoms with van der Waals surface area (Å²) < 4.78 is 4.51. The zero-order chi connectivity index (χ0) is 14.5. The Hall–Kier alpha value is -2.75. The molecule has 4 nitrogen and oxygen atoms in total. The van der Waals surface area contributed by atoms with E-state index < -0.39 is 11.7 Å². The second-order valence-corrected chi connectivity index (χ2v) is 4.14. The number of methoxy groups -OCH3 is 1. The summed E-state index contributed by atoms with van der Waals surface area (Å²) in [6.45, 7) is 0. The first-order chi connectivity index (χ1) is 9.63. The van der Waals surface area contributed by atoms with Crippen molar-refractivity contribution >= 4 is 18.1 Å². The molecule has 0 aliphatic carbocycles. The molecular formula is C16H14O4. The maximum Gasteiger partial charge on any atom is 0.341 e. The van der Waals surface area contributed by atoms with Crippen LogP contribution in [0.2, 0.25) is 0 Å². The van der Waals surface area contributed by atoms with Crippen LogP contribution in [0.15, 0.2) is 42.5 Å². The smallest absolute Gasteiger partial charge is 0.341 e. The molecule has 0 amide bonds. The maximum atomic E-state index is 11.4. The van der Waals surface area contributed by atoms with Crippen LogP contribution in [0.1, 0.15) is 21.5 Å². The summed E-state index contributed by atoms with van der Waals surface area (Å²) in [4.78, 5) is 11.4. The molecular weight excluding hydrogens is 256 g/mol. The third-order valence-corrected chi connectivity index (χ3v) is 2.84. The van der Waals surface area contributed by atoms with E-state index in [1.54, 1.807) is 18.2 Å². The van der Waals surface area contributed by atoms with Crippen molar-refractivity contribution in [2.24, 2.45) is 0 Å². The quantitative estimate of drug-likeness (QED) is 0.511. The molecule has 0 saturated carbocycles. The van der Waals surface area contributed by atoms with Gasteiger partial charge in [-0.25, -0.2) is 4.79 Å². The van der Waals surface area contributed by atoms with Crippen LogP contribution in [0.5, 0.6) is 11.5 Å². The minimum absolute atomic E-state index is 0.0677. The lowest BCUT2D eigenvalue weighted by molar-refractivity contribution is 0.0596. The Kier molecular flexibility index (Phi) is 4.05. The molecule has 0 heterocycles. The van der Waals surface area contributed by atoms with Crippen molar-refractivity contribution in [3.63, 3.8) is 0 Å². The van der Waals surface area contributed by atoms with Gasteiger partial charge in [-0.1, -0.05) is 48.6 Å². The predicted octanol–water partition coefficient (Wildman–Crippen LogP) is 3.05. The largest absolute Gasteiger partial charge is 0.504 e. The number of phenols is 2. The molecule has 0 bridgehead atoms. The van der Waals surface area contributed by atoms with Gasteiger partial charge in [0.25, 0.3) is 0 Å². The number of hydrogen-bond acceptors (Lipinski definition) is 4. The Bertz CT molecular complexity index is 645. The number of ether oxygens (including phenoxy) is 1. The van der Waals surface area contributed by atoms with Gasteiger partial charge in [-0.2, -0.15) is 0 Å². The SMILES string of the molecule is COC(=O)c1ccc(C=Cc2ccccc2)c(O)c1O. The molecule has 2 rings (SSSR count). The van der Waals surface area contributed by atoms with Crippen molar-refractivity contribution in [3.8, 4) is 11.5 Å². The lowest BCUT2D eigenvalue weighted by atomic mass is 10.1. The maximum absolute atomic E-state index is 11.4. The molecule has 0 aromatic heterocycles. The Morgan fingerprint density at radius 1 is 1.00 bits per heavy atom. The normalized spacial score (nSPS) is 10.7. The van der Waals surface area contributed by atoms with E-state index >= 15 is 0 Å². The first-order valence-corrected chi connectivity index (χ1v) is 6.00. The van der Waals surface area contributed by atoms with Gasteiger partial charge in [-0.15, -0.1) is 0 Å². The lowest BCUT2D eigenvalue weighted by Crippen LogP contribution is -2.01. The number of rotatable bonds is 3. The zero-order valence-electron chi connectivity index (χ0n) is 10.9. The van der Waals surface area contributed by atoms with E-state index in [0.717, 1.165) is 5.56 Å². The molecule has 0 aliphatic heterocycles. The fourth-order valence-corrected chi connectivity index (χ4v) is 1.75. The highest BCUT2D eigenvalue weighted by Gasteiger charge is 2.16. The summed E-state index contributed by atoms with van der Waals surface area (Å²) in [5.74, 6) is -1.52. The highest BCUT2D eigenvalue weighted by atomic mass is 16.5. The second kappa shape index (κ2) is 5.93. The van der Waals surface area contributed by atoms with Crippen LogP contribution in [0.4, 0.5) is 0 Å². The fourth-order valence-electron chi connectivity index (χ4n) is 1.75. The Morgan fingerprint density at radius 3 is 2.35 bits per heavy atom. The highest BCUT2D eigenvalue weighted by Crippen LogP contribution is 2.34. The summed E-state index contributed by atoms with van der Waals surface area (Å²) in [5.41, 5.74) is 1.31. The molecule has 2 aromatic carbocycles. The Labute approximate surface area is 116 Å². The van der Waals surface area contributed by atoms with Gasteiger partial charge in [0, 0.05) is 5.56 Å². The van der Waals surface area contributed by atoms with Gasteiger partial charge in [-0.05, 0) is 11.6 Å². The van der Waals surface area contributed by atoms with Crippen molar-refractivity contribution in [2.75, 3.05) is 7.11 Å². The standard InChI is InChI=1S/C16H14O4/c1-20-16(19)13-10-9-12(14(17)15(13)18)8-7-11-5-3-2-4-6-11/h2-10,17-18H,1H3. The first-order valence-electron chi connectivity index (χ1n) is 6.00. The van der Waals surface area contributed by atoms with E-state index in [0.29, 0.717) is 5.56 Å². The third-order valence-electron chi connectivity index (χ3n) is 2.84. The van der Waals surface area contributed by atoms with Crippen LogP contribution in [0.3, 0.4) is 0 Å². The summed E-state index contributed by atoms with van der Waals surface area (Å²) in [5, 5.41) is 19.7. The topological polar surface area (TPSA) is 66.8 Å².